The molecule has 2 aliphatic rings. The van der Waals surface area contributed by atoms with Gasteiger partial charge >= 0.3 is 0 Å². The van der Waals surface area contributed by atoms with Crippen LogP contribution in [0.3, 0.4) is 0 Å². The molecule has 2 aliphatic heterocycles. The van der Waals surface area contributed by atoms with Gasteiger partial charge in [0, 0.05) is 44.0 Å². The van der Waals surface area contributed by atoms with Crippen LogP contribution in [0.5, 0.6) is 0 Å². The fourth-order valence-corrected chi connectivity index (χ4v) is 4.33. The Hall–Kier alpha value is -3.00. The number of likely N-dealkylation sites (N-methyl/N-ethyl adjacent to an activating group) is 1. The Kier molecular flexibility index (Phi) is 5.19. The average molecular weight is 398 g/mol. The van der Waals surface area contributed by atoms with E-state index < -0.39 is 4.92 Å². The first-order chi connectivity index (χ1) is 13.9. The molecule has 0 aliphatic carbocycles. The van der Waals surface area contributed by atoms with Crippen molar-refractivity contribution in [2.24, 2.45) is 5.92 Å². The molecule has 1 saturated heterocycles. The lowest BCUT2D eigenvalue weighted by Gasteiger charge is -2.48. The van der Waals surface area contributed by atoms with E-state index in [1.54, 1.807) is 24.3 Å². The minimum Gasteiger partial charge on any atom is -0.365 e. The zero-order valence-electron chi connectivity index (χ0n) is 16.2. The number of amides is 1. The number of piperazine rings is 1. The van der Waals surface area contributed by atoms with E-state index in [1.807, 2.05) is 7.05 Å². The van der Waals surface area contributed by atoms with Crippen LogP contribution < -0.4 is 10.2 Å². The first kappa shape index (κ1) is 19.3. The molecule has 8 heteroatoms. The molecule has 4 rings (SSSR count). The summed E-state index contributed by atoms with van der Waals surface area (Å²) < 4.78 is 13.4. The lowest BCUT2D eigenvalue weighted by atomic mass is 9.83. The predicted octanol–water partition coefficient (Wildman–Crippen LogP) is 2.34. The summed E-state index contributed by atoms with van der Waals surface area (Å²) in [6.07, 6.45) is 0.445. The van der Waals surface area contributed by atoms with Crippen molar-refractivity contribution in [1.82, 2.24) is 10.2 Å². The maximum Gasteiger partial charge on any atom is 0.269 e. The number of nitro benzene ring substituents is 1. The second-order valence-electron chi connectivity index (χ2n) is 7.75. The number of hydrogen-bond donors (Lipinski definition) is 1. The standard InChI is InChI=1S/C21H23FN4O3/c1-24-7-8-25-19-6-5-17(26(28)29)10-15(19)11-18(20(25)13-24)21(27)23-12-14-3-2-4-16(22)9-14/h2-6,9-10,18,20H,7-8,11-13H2,1H3,(H,23,27)/t18-,20+/m0/s1. The first-order valence-corrected chi connectivity index (χ1v) is 9.67. The number of benzene rings is 2. The molecule has 0 saturated carbocycles. The first-order valence-electron chi connectivity index (χ1n) is 9.67. The molecular weight excluding hydrogens is 375 g/mol. The fourth-order valence-electron chi connectivity index (χ4n) is 4.33. The van der Waals surface area contributed by atoms with Gasteiger partial charge in [-0.05, 0) is 42.8 Å². The van der Waals surface area contributed by atoms with Crippen molar-refractivity contribution >= 4 is 17.3 Å². The van der Waals surface area contributed by atoms with E-state index in [2.05, 4.69) is 15.1 Å². The third-order valence-corrected chi connectivity index (χ3v) is 5.80. The summed E-state index contributed by atoms with van der Waals surface area (Å²) in [6.45, 7) is 2.62. The van der Waals surface area contributed by atoms with Crippen LogP contribution in [0.25, 0.3) is 0 Å². The van der Waals surface area contributed by atoms with Crippen LogP contribution in [0.1, 0.15) is 11.1 Å². The SMILES string of the molecule is CN1CCN2c3ccc([N+](=O)[O-])cc3C[C@H](C(=O)NCc3cccc(F)c3)[C@H]2C1. The van der Waals surface area contributed by atoms with E-state index in [-0.39, 0.29) is 35.9 Å². The van der Waals surface area contributed by atoms with Crippen LogP contribution in [0.4, 0.5) is 15.8 Å². The Morgan fingerprint density at radius 2 is 2.10 bits per heavy atom. The molecule has 0 bridgehead atoms. The van der Waals surface area contributed by atoms with Crippen LogP contribution in [0.2, 0.25) is 0 Å². The van der Waals surface area contributed by atoms with Crippen molar-refractivity contribution in [3.63, 3.8) is 0 Å². The molecule has 2 aromatic carbocycles. The number of nitro groups is 1. The predicted molar refractivity (Wildman–Crippen MR) is 107 cm³/mol. The van der Waals surface area contributed by atoms with E-state index in [0.717, 1.165) is 30.9 Å². The second-order valence-corrected chi connectivity index (χ2v) is 7.75. The minimum absolute atomic E-state index is 0.00443. The number of rotatable bonds is 4. The molecule has 29 heavy (non-hydrogen) atoms. The van der Waals surface area contributed by atoms with Gasteiger partial charge in [-0.1, -0.05) is 12.1 Å². The maximum absolute atomic E-state index is 13.4. The second kappa shape index (κ2) is 7.79. The molecule has 2 atom stereocenters. The number of anilines is 1. The summed E-state index contributed by atoms with van der Waals surface area (Å²) >= 11 is 0. The van der Waals surface area contributed by atoms with E-state index in [0.29, 0.717) is 12.0 Å². The molecule has 152 valence electrons. The number of nitrogens with one attached hydrogen (secondary N) is 1. The smallest absolute Gasteiger partial charge is 0.269 e. The zero-order chi connectivity index (χ0) is 20.5. The summed E-state index contributed by atoms with van der Waals surface area (Å²) in [6, 6.07) is 11.1. The van der Waals surface area contributed by atoms with Gasteiger partial charge in [-0.15, -0.1) is 0 Å². The summed E-state index contributed by atoms with van der Waals surface area (Å²) in [5, 5.41) is 14.1. The van der Waals surface area contributed by atoms with Crippen molar-refractivity contribution in [2.45, 2.75) is 19.0 Å². The minimum atomic E-state index is -0.407. The number of carbonyl (C=O) groups is 1. The molecule has 2 aromatic rings. The van der Waals surface area contributed by atoms with E-state index in [1.165, 1.54) is 18.2 Å². The molecule has 2 heterocycles. The van der Waals surface area contributed by atoms with Gasteiger partial charge < -0.3 is 15.1 Å². The Morgan fingerprint density at radius 1 is 1.28 bits per heavy atom. The number of fused-ring (bicyclic) bond motifs is 3. The van der Waals surface area contributed by atoms with E-state index in [4.69, 9.17) is 0 Å². The third kappa shape index (κ3) is 3.93. The number of hydrogen-bond acceptors (Lipinski definition) is 5. The largest absolute Gasteiger partial charge is 0.365 e. The van der Waals surface area contributed by atoms with E-state index >= 15 is 0 Å². The normalized spacial score (nSPS) is 21.2. The maximum atomic E-state index is 13.4. The fraction of sp³-hybridized carbons (Fsp3) is 0.381. The highest BCUT2D eigenvalue weighted by Gasteiger charge is 2.41. The number of carbonyl (C=O) groups excluding carboxylic acids is 1. The Morgan fingerprint density at radius 3 is 2.86 bits per heavy atom. The molecule has 1 amide bonds. The molecular formula is C21H23FN4O3. The molecule has 1 fully saturated rings. The van der Waals surface area contributed by atoms with Gasteiger partial charge in [-0.3, -0.25) is 14.9 Å². The van der Waals surface area contributed by atoms with Gasteiger partial charge in [-0.25, -0.2) is 4.39 Å². The van der Waals surface area contributed by atoms with Crippen LogP contribution in [-0.2, 0) is 17.8 Å². The monoisotopic (exact) mass is 398 g/mol. The molecule has 0 spiro atoms. The van der Waals surface area contributed by atoms with Crippen molar-refractivity contribution in [3.05, 3.63) is 69.5 Å². The zero-order valence-corrected chi connectivity index (χ0v) is 16.2. The van der Waals surface area contributed by atoms with Gasteiger partial charge in [0.1, 0.15) is 5.82 Å². The van der Waals surface area contributed by atoms with Crippen molar-refractivity contribution in [3.8, 4) is 0 Å². The highest BCUT2D eigenvalue weighted by atomic mass is 19.1. The van der Waals surface area contributed by atoms with Crippen molar-refractivity contribution in [1.29, 1.82) is 0 Å². The lowest BCUT2D eigenvalue weighted by molar-refractivity contribution is -0.384. The molecule has 1 N–H and O–H groups in total. The summed E-state index contributed by atoms with van der Waals surface area (Å²) in [7, 11) is 2.03. The average Bonchev–Trinajstić information content (AvgIpc) is 2.70. The van der Waals surface area contributed by atoms with Crippen LogP contribution >= 0.6 is 0 Å². The molecule has 0 aromatic heterocycles. The summed E-state index contributed by atoms with van der Waals surface area (Å²) in [5.74, 6) is -0.784. The molecule has 0 unspecified atom stereocenters. The highest BCUT2D eigenvalue weighted by molar-refractivity contribution is 5.82. The molecule has 7 nitrogen and oxygen atoms in total. The van der Waals surface area contributed by atoms with Crippen LogP contribution in [0.15, 0.2) is 42.5 Å². The lowest BCUT2D eigenvalue weighted by Crippen LogP contribution is -2.60. The van der Waals surface area contributed by atoms with Gasteiger partial charge in [0.15, 0.2) is 0 Å². The quantitative estimate of drug-likeness (QED) is 0.632. The summed E-state index contributed by atoms with van der Waals surface area (Å²) in [4.78, 5) is 28.2. The number of halogens is 1. The Labute approximate surface area is 168 Å². The highest BCUT2D eigenvalue weighted by Crippen LogP contribution is 2.37. The third-order valence-electron chi connectivity index (χ3n) is 5.80. The molecule has 0 radical (unpaired) electrons. The van der Waals surface area contributed by atoms with Crippen LogP contribution in [0, 0.1) is 21.8 Å². The Bertz CT molecular complexity index is 951. The number of nitrogens with zero attached hydrogens (tertiary/aromatic N) is 3. The topological polar surface area (TPSA) is 78.7 Å². The summed E-state index contributed by atoms with van der Waals surface area (Å²) in [5.41, 5.74) is 2.53. The number of non-ortho nitro benzene ring substituents is 1. The Balaban J connectivity index is 1.58. The van der Waals surface area contributed by atoms with Gasteiger partial charge in [0.2, 0.25) is 5.91 Å². The van der Waals surface area contributed by atoms with Gasteiger partial charge in [-0.2, -0.15) is 0 Å². The van der Waals surface area contributed by atoms with Crippen LogP contribution in [-0.4, -0.2) is 48.5 Å². The van der Waals surface area contributed by atoms with Crippen molar-refractivity contribution < 1.29 is 14.1 Å². The van der Waals surface area contributed by atoms with E-state index in [9.17, 15) is 19.3 Å². The van der Waals surface area contributed by atoms with Gasteiger partial charge in [0.25, 0.3) is 5.69 Å². The van der Waals surface area contributed by atoms with Crippen molar-refractivity contribution in [2.75, 3.05) is 31.6 Å². The van der Waals surface area contributed by atoms with Gasteiger partial charge in [0.05, 0.1) is 16.9 Å².